The highest BCUT2D eigenvalue weighted by molar-refractivity contribution is 5.91. The number of hydrogen-bond acceptors (Lipinski definition) is 6. The van der Waals surface area contributed by atoms with Gasteiger partial charge in [-0.3, -0.25) is 19.2 Å². The van der Waals surface area contributed by atoms with Crippen molar-refractivity contribution in [1.82, 2.24) is 20.4 Å². The molecule has 2 amide bonds. The standard InChI is InChI=1S/C21H26N4O5/c1-3-30-21(29)14-7-6-10-25(12-14)20(28)13(2)22-18(26)11-17-15-8-4-5-9-16(15)19(27)24-23-17/h4-5,8-9,13-14H,3,6-7,10-12H2,1-2H3,(H,22,26)(H,24,27)/t13-,14+/m1/s1. The van der Waals surface area contributed by atoms with Crippen molar-refractivity contribution in [3.8, 4) is 0 Å². The van der Waals surface area contributed by atoms with Crippen molar-refractivity contribution in [3.63, 3.8) is 0 Å². The van der Waals surface area contributed by atoms with Gasteiger partial charge >= 0.3 is 5.97 Å². The second kappa shape index (κ2) is 9.51. The van der Waals surface area contributed by atoms with E-state index in [1.165, 1.54) is 0 Å². The van der Waals surface area contributed by atoms with Gasteiger partial charge in [-0.05, 0) is 32.8 Å². The fourth-order valence-electron chi connectivity index (χ4n) is 3.72. The molecule has 0 radical (unpaired) electrons. The quantitative estimate of drug-likeness (QED) is 0.674. The Kier molecular flexibility index (Phi) is 6.81. The van der Waals surface area contributed by atoms with Crippen LogP contribution in [0.15, 0.2) is 29.1 Å². The normalized spacial score (nSPS) is 17.4. The minimum absolute atomic E-state index is 0.0691. The summed E-state index contributed by atoms with van der Waals surface area (Å²) in [4.78, 5) is 50.7. The summed E-state index contributed by atoms with van der Waals surface area (Å²) in [5.74, 6) is -1.24. The monoisotopic (exact) mass is 414 g/mol. The van der Waals surface area contributed by atoms with Gasteiger partial charge < -0.3 is 15.0 Å². The summed E-state index contributed by atoms with van der Waals surface area (Å²) < 4.78 is 5.07. The molecular formula is C21H26N4O5. The molecule has 2 N–H and O–H groups in total. The Morgan fingerprint density at radius 1 is 1.30 bits per heavy atom. The molecule has 1 saturated heterocycles. The molecule has 1 aromatic carbocycles. The zero-order chi connectivity index (χ0) is 21.7. The number of H-pyrrole nitrogens is 1. The largest absolute Gasteiger partial charge is 0.466 e. The van der Waals surface area contributed by atoms with E-state index >= 15 is 0 Å². The molecule has 2 atom stereocenters. The number of nitrogens with one attached hydrogen (secondary N) is 2. The van der Waals surface area contributed by atoms with Gasteiger partial charge in [-0.2, -0.15) is 5.10 Å². The Morgan fingerprint density at radius 3 is 2.77 bits per heavy atom. The van der Waals surface area contributed by atoms with Gasteiger partial charge in [0.1, 0.15) is 6.04 Å². The second-order valence-electron chi connectivity index (χ2n) is 7.39. The molecule has 2 heterocycles. The second-order valence-corrected chi connectivity index (χ2v) is 7.39. The fourth-order valence-corrected chi connectivity index (χ4v) is 3.72. The smallest absolute Gasteiger partial charge is 0.310 e. The predicted octanol–water partition coefficient (Wildman–Crippen LogP) is 0.772. The minimum atomic E-state index is -0.743. The first-order valence-corrected chi connectivity index (χ1v) is 10.1. The number of carbonyl (C=O) groups excluding carboxylic acids is 3. The van der Waals surface area contributed by atoms with E-state index in [0.29, 0.717) is 49.0 Å². The highest BCUT2D eigenvalue weighted by Crippen LogP contribution is 2.19. The number of aromatic nitrogens is 2. The number of nitrogens with zero attached hydrogens (tertiary/aromatic N) is 2. The highest BCUT2D eigenvalue weighted by Gasteiger charge is 2.31. The van der Waals surface area contributed by atoms with Crippen LogP contribution in [0.3, 0.4) is 0 Å². The molecule has 9 heteroatoms. The first-order chi connectivity index (χ1) is 14.4. The van der Waals surface area contributed by atoms with Crippen LogP contribution in [0.25, 0.3) is 10.8 Å². The van der Waals surface area contributed by atoms with Crippen LogP contribution in [0.1, 0.15) is 32.4 Å². The lowest BCUT2D eigenvalue weighted by Gasteiger charge is -2.33. The molecule has 0 saturated carbocycles. The van der Waals surface area contributed by atoms with Gasteiger partial charge in [0.15, 0.2) is 0 Å². The van der Waals surface area contributed by atoms with E-state index in [1.54, 1.807) is 43.0 Å². The Hall–Kier alpha value is -3.23. The third kappa shape index (κ3) is 4.84. The highest BCUT2D eigenvalue weighted by atomic mass is 16.5. The minimum Gasteiger partial charge on any atom is -0.466 e. The van der Waals surface area contributed by atoms with Gasteiger partial charge in [0.2, 0.25) is 11.8 Å². The molecule has 30 heavy (non-hydrogen) atoms. The molecule has 9 nitrogen and oxygen atoms in total. The first-order valence-electron chi connectivity index (χ1n) is 10.1. The van der Waals surface area contributed by atoms with E-state index in [9.17, 15) is 19.2 Å². The van der Waals surface area contributed by atoms with Crippen molar-refractivity contribution in [2.75, 3.05) is 19.7 Å². The number of ether oxygens (including phenoxy) is 1. The molecule has 0 aliphatic carbocycles. The van der Waals surface area contributed by atoms with E-state index in [4.69, 9.17) is 4.74 Å². The number of benzene rings is 1. The van der Waals surface area contributed by atoms with Crippen LogP contribution in [0.5, 0.6) is 0 Å². The number of amides is 2. The van der Waals surface area contributed by atoms with Gasteiger partial charge in [-0.25, -0.2) is 5.10 Å². The number of carbonyl (C=O) groups is 3. The van der Waals surface area contributed by atoms with Gasteiger partial charge in [0.05, 0.1) is 30.0 Å². The third-order valence-electron chi connectivity index (χ3n) is 5.20. The summed E-state index contributed by atoms with van der Waals surface area (Å²) in [6.45, 7) is 4.52. The number of piperidine rings is 1. The number of esters is 1. The van der Waals surface area contributed by atoms with Crippen molar-refractivity contribution in [2.24, 2.45) is 5.92 Å². The van der Waals surface area contributed by atoms with Crippen LogP contribution in [-0.2, 0) is 25.5 Å². The molecule has 0 bridgehead atoms. The molecule has 2 aromatic rings. The van der Waals surface area contributed by atoms with Crippen LogP contribution in [0.2, 0.25) is 0 Å². The Labute approximate surface area is 173 Å². The fraction of sp³-hybridized carbons (Fsp3) is 0.476. The first kappa shape index (κ1) is 21.5. The lowest BCUT2D eigenvalue weighted by molar-refractivity contribution is -0.151. The zero-order valence-electron chi connectivity index (χ0n) is 17.1. The molecule has 1 aliphatic rings. The lowest BCUT2D eigenvalue weighted by atomic mass is 9.97. The van der Waals surface area contributed by atoms with Crippen LogP contribution >= 0.6 is 0 Å². The molecule has 1 aromatic heterocycles. The van der Waals surface area contributed by atoms with Crippen molar-refractivity contribution in [3.05, 3.63) is 40.3 Å². The van der Waals surface area contributed by atoms with Crippen LogP contribution in [0.4, 0.5) is 0 Å². The van der Waals surface area contributed by atoms with E-state index < -0.39 is 6.04 Å². The third-order valence-corrected chi connectivity index (χ3v) is 5.20. The van der Waals surface area contributed by atoms with Crippen molar-refractivity contribution >= 4 is 28.6 Å². The molecule has 0 spiro atoms. The average Bonchev–Trinajstić information content (AvgIpc) is 2.75. The zero-order valence-corrected chi connectivity index (χ0v) is 17.1. The summed E-state index contributed by atoms with van der Waals surface area (Å²) in [6, 6.07) is 6.17. The Balaban J connectivity index is 1.62. The van der Waals surface area contributed by atoms with E-state index in [-0.39, 0.29) is 35.7 Å². The molecule has 1 aliphatic heterocycles. The van der Waals surface area contributed by atoms with Crippen molar-refractivity contribution in [1.29, 1.82) is 0 Å². The number of aromatic amines is 1. The van der Waals surface area contributed by atoms with E-state index in [0.717, 1.165) is 0 Å². The Bertz CT molecular complexity index is 1000. The van der Waals surface area contributed by atoms with Gasteiger partial charge in [-0.1, -0.05) is 18.2 Å². The maximum absolute atomic E-state index is 12.8. The van der Waals surface area contributed by atoms with Gasteiger partial charge in [0, 0.05) is 18.5 Å². The maximum atomic E-state index is 12.8. The molecular weight excluding hydrogens is 388 g/mol. The van der Waals surface area contributed by atoms with E-state index in [1.807, 2.05) is 0 Å². The number of hydrogen-bond donors (Lipinski definition) is 2. The topological polar surface area (TPSA) is 121 Å². The molecule has 160 valence electrons. The number of likely N-dealkylation sites (tertiary alicyclic amines) is 1. The van der Waals surface area contributed by atoms with Crippen LogP contribution in [0, 0.1) is 5.92 Å². The summed E-state index contributed by atoms with van der Waals surface area (Å²) in [5, 5.41) is 10.1. The average molecular weight is 414 g/mol. The number of rotatable bonds is 6. The van der Waals surface area contributed by atoms with Crippen molar-refractivity contribution < 1.29 is 19.1 Å². The molecule has 1 fully saturated rings. The lowest BCUT2D eigenvalue weighted by Crippen LogP contribution is -2.51. The SMILES string of the molecule is CCOC(=O)[C@H]1CCCN(C(=O)[C@@H](C)NC(=O)Cc2n[nH]c(=O)c3ccccc23)C1. The van der Waals surface area contributed by atoms with Gasteiger partial charge in [0.25, 0.3) is 5.56 Å². The maximum Gasteiger partial charge on any atom is 0.310 e. The van der Waals surface area contributed by atoms with Crippen LogP contribution < -0.4 is 10.9 Å². The Morgan fingerprint density at radius 2 is 2.03 bits per heavy atom. The van der Waals surface area contributed by atoms with Gasteiger partial charge in [-0.15, -0.1) is 0 Å². The summed E-state index contributed by atoms with van der Waals surface area (Å²) in [7, 11) is 0. The summed E-state index contributed by atoms with van der Waals surface area (Å²) in [5.41, 5.74) is 0.113. The predicted molar refractivity (Wildman–Crippen MR) is 110 cm³/mol. The van der Waals surface area contributed by atoms with Crippen LogP contribution in [-0.4, -0.2) is 58.6 Å². The molecule has 0 unspecified atom stereocenters. The molecule has 3 rings (SSSR count). The summed E-state index contributed by atoms with van der Waals surface area (Å²) in [6.07, 6.45) is 1.33. The summed E-state index contributed by atoms with van der Waals surface area (Å²) >= 11 is 0. The number of fused-ring (bicyclic) bond motifs is 1. The van der Waals surface area contributed by atoms with E-state index in [2.05, 4.69) is 15.5 Å². The van der Waals surface area contributed by atoms with Crippen molar-refractivity contribution in [2.45, 2.75) is 39.2 Å².